The second-order valence-electron chi connectivity index (χ2n) is 4.47. The van der Waals surface area contributed by atoms with E-state index in [9.17, 15) is 13.2 Å². The molecule has 7 heteroatoms. The Hall–Kier alpha value is -0.660. The lowest BCUT2D eigenvalue weighted by atomic mass is 9.89. The van der Waals surface area contributed by atoms with Crippen molar-refractivity contribution in [2.45, 2.75) is 19.8 Å². The Kier molecular flexibility index (Phi) is 3.92. The van der Waals surface area contributed by atoms with Crippen molar-refractivity contribution in [3.8, 4) is 0 Å². The third-order valence-corrected chi connectivity index (χ3v) is 4.94. The largest absolute Gasteiger partial charge is 0.369 e. The summed E-state index contributed by atoms with van der Waals surface area (Å²) in [5, 5.41) is 0. The molecule has 1 rings (SSSR count). The van der Waals surface area contributed by atoms with Crippen LogP contribution >= 0.6 is 0 Å². The topological polar surface area (TPSA) is 106 Å². The Morgan fingerprint density at radius 1 is 1.50 bits per heavy atom. The first kappa shape index (κ1) is 13.4. The fourth-order valence-corrected chi connectivity index (χ4v) is 3.39. The molecule has 0 saturated carbocycles. The van der Waals surface area contributed by atoms with Gasteiger partial charge in [-0.2, -0.15) is 0 Å². The average molecular weight is 249 g/mol. The van der Waals surface area contributed by atoms with Gasteiger partial charge in [0, 0.05) is 13.1 Å². The maximum atomic E-state index is 11.8. The van der Waals surface area contributed by atoms with Crippen LogP contribution in [0.5, 0.6) is 0 Å². The van der Waals surface area contributed by atoms with E-state index in [1.807, 2.05) is 0 Å². The molecule has 1 saturated heterocycles. The molecule has 0 spiro atoms. The van der Waals surface area contributed by atoms with Gasteiger partial charge >= 0.3 is 0 Å². The lowest BCUT2D eigenvalue weighted by Gasteiger charge is -2.20. The molecule has 0 bridgehead atoms. The lowest BCUT2D eigenvalue weighted by molar-refractivity contribution is -0.126. The minimum absolute atomic E-state index is 0.0400. The predicted octanol–water partition coefficient (Wildman–Crippen LogP) is -1.14. The second-order valence-corrected chi connectivity index (χ2v) is 6.56. The van der Waals surface area contributed by atoms with Crippen molar-refractivity contribution in [1.82, 2.24) is 4.31 Å². The van der Waals surface area contributed by atoms with Gasteiger partial charge in [0.1, 0.15) is 0 Å². The van der Waals surface area contributed by atoms with Crippen LogP contribution in [0.25, 0.3) is 0 Å². The molecular weight excluding hydrogens is 230 g/mol. The summed E-state index contributed by atoms with van der Waals surface area (Å²) in [6.07, 6.45) is 0.927. The van der Waals surface area contributed by atoms with Gasteiger partial charge in [-0.1, -0.05) is 0 Å². The molecule has 0 aromatic carbocycles. The van der Waals surface area contributed by atoms with E-state index >= 15 is 0 Å². The molecule has 1 unspecified atom stereocenters. The smallest absolute Gasteiger partial charge is 0.224 e. The van der Waals surface area contributed by atoms with E-state index in [2.05, 4.69) is 0 Å². The molecule has 1 atom stereocenters. The van der Waals surface area contributed by atoms with E-state index in [1.165, 1.54) is 4.31 Å². The molecule has 94 valence electrons. The predicted molar refractivity (Wildman–Crippen MR) is 60.9 cm³/mol. The average Bonchev–Trinajstić information content (AvgIpc) is 2.60. The van der Waals surface area contributed by atoms with Gasteiger partial charge in [-0.15, -0.1) is 0 Å². The number of nitrogens with two attached hydrogens (primary N) is 2. The summed E-state index contributed by atoms with van der Waals surface area (Å²) in [7, 11) is -3.28. The number of primary amides is 1. The lowest BCUT2D eigenvalue weighted by Crippen LogP contribution is -2.39. The Labute approximate surface area is 96.0 Å². The standard InChI is InChI=1S/C9H19N3O3S/c1-9(8(11)13)3-5-12(7-9)16(14,15)6-2-4-10/h2-7,10H2,1H3,(H2,11,13). The normalized spacial score (nSPS) is 27.1. The van der Waals surface area contributed by atoms with Crippen molar-refractivity contribution >= 4 is 15.9 Å². The van der Waals surface area contributed by atoms with Crippen LogP contribution in [0.2, 0.25) is 0 Å². The number of nitrogens with zero attached hydrogens (tertiary/aromatic N) is 1. The van der Waals surface area contributed by atoms with Crippen molar-refractivity contribution in [3.05, 3.63) is 0 Å². The Balaban J connectivity index is 2.69. The minimum atomic E-state index is -3.28. The number of carbonyl (C=O) groups is 1. The summed E-state index contributed by atoms with van der Waals surface area (Å²) in [5.41, 5.74) is 9.81. The molecule has 0 aromatic heterocycles. The van der Waals surface area contributed by atoms with E-state index in [1.54, 1.807) is 6.92 Å². The van der Waals surface area contributed by atoms with Crippen molar-refractivity contribution in [1.29, 1.82) is 0 Å². The number of carbonyl (C=O) groups excluding carboxylic acids is 1. The van der Waals surface area contributed by atoms with Crippen LogP contribution in [0.15, 0.2) is 0 Å². The zero-order valence-corrected chi connectivity index (χ0v) is 10.3. The van der Waals surface area contributed by atoms with Crippen molar-refractivity contribution in [3.63, 3.8) is 0 Å². The number of hydrogen-bond acceptors (Lipinski definition) is 4. The van der Waals surface area contributed by atoms with E-state index in [4.69, 9.17) is 11.5 Å². The Bertz CT molecular complexity index is 368. The van der Waals surface area contributed by atoms with Crippen LogP contribution in [0, 0.1) is 5.41 Å². The Morgan fingerprint density at radius 2 is 2.12 bits per heavy atom. The SMILES string of the molecule is CC1(C(N)=O)CCN(S(=O)(=O)CCCN)C1. The molecule has 1 heterocycles. The number of rotatable bonds is 5. The summed E-state index contributed by atoms with van der Waals surface area (Å²) in [5.74, 6) is -0.401. The molecule has 0 radical (unpaired) electrons. The summed E-state index contributed by atoms with van der Waals surface area (Å²) in [4.78, 5) is 11.2. The molecular formula is C9H19N3O3S. The van der Waals surface area contributed by atoms with Crippen molar-refractivity contribution in [2.75, 3.05) is 25.4 Å². The molecule has 1 fully saturated rings. The summed E-state index contributed by atoms with van der Waals surface area (Å²) in [6, 6.07) is 0. The van der Waals surface area contributed by atoms with Crippen LogP contribution < -0.4 is 11.5 Å². The van der Waals surface area contributed by atoms with E-state index in [0.29, 0.717) is 25.9 Å². The summed E-state index contributed by atoms with van der Waals surface area (Å²) < 4.78 is 25.0. The fraction of sp³-hybridized carbons (Fsp3) is 0.889. The molecule has 1 aliphatic rings. The van der Waals surface area contributed by atoms with Gasteiger partial charge in [-0.05, 0) is 26.3 Å². The highest BCUT2D eigenvalue weighted by Crippen LogP contribution is 2.31. The van der Waals surface area contributed by atoms with Gasteiger partial charge in [0.2, 0.25) is 15.9 Å². The zero-order chi connectivity index (χ0) is 12.4. The van der Waals surface area contributed by atoms with Gasteiger partial charge in [-0.3, -0.25) is 4.79 Å². The molecule has 16 heavy (non-hydrogen) atoms. The van der Waals surface area contributed by atoms with Gasteiger partial charge < -0.3 is 11.5 Å². The van der Waals surface area contributed by atoms with Crippen LogP contribution in [0.4, 0.5) is 0 Å². The maximum Gasteiger partial charge on any atom is 0.224 e. The molecule has 1 amide bonds. The minimum Gasteiger partial charge on any atom is -0.369 e. The van der Waals surface area contributed by atoms with Crippen LogP contribution in [0.3, 0.4) is 0 Å². The third kappa shape index (κ3) is 2.72. The van der Waals surface area contributed by atoms with Crippen molar-refractivity contribution in [2.24, 2.45) is 16.9 Å². The third-order valence-electron chi connectivity index (χ3n) is 3.03. The first-order chi connectivity index (χ1) is 7.32. The van der Waals surface area contributed by atoms with Crippen LogP contribution in [-0.4, -0.2) is 44.0 Å². The van der Waals surface area contributed by atoms with Crippen LogP contribution in [0.1, 0.15) is 19.8 Å². The molecule has 1 aliphatic heterocycles. The summed E-state index contributed by atoms with van der Waals surface area (Å²) >= 11 is 0. The zero-order valence-electron chi connectivity index (χ0n) is 9.48. The highest BCUT2D eigenvalue weighted by molar-refractivity contribution is 7.89. The second kappa shape index (κ2) is 4.68. The van der Waals surface area contributed by atoms with Crippen LogP contribution in [-0.2, 0) is 14.8 Å². The van der Waals surface area contributed by atoms with Crippen molar-refractivity contribution < 1.29 is 13.2 Å². The highest BCUT2D eigenvalue weighted by atomic mass is 32.2. The number of amides is 1. The van der Waals surface area contributed by atoms with Gasteiger partial charge in [-0.25, -0.2) is 12.7 Å². The molecule has 6 nitrogen and oxygen atoms in total. The van der Waals surface area contributed by atoms with Gasteiger partial charge in [0.15, 0.2) is 0 Å². The monoisotopic (exact) mass is 249 g/mol. The van der Waals surface area contributed by atoms with E-state index in [0.717, 1.165) is 0 Å². The first-order valence-electron chi connectivity index (χ1n) is 5.30. The molecule has 4 N–H and O–H groups in total. The van der Waals surface area contributed by atoms with E-state index < -0.39 is 21.3 Å². The number of sulfonamides is 1. The quantitative estimate of drug-likeness (QED) is 0.642. The fourth-order valence-electron chi connectivity index (χ4n) is 1.75. The maximum absolute atomic E-state index is 11.8. The summed E-state index contributed by atoms with van der Waals surface area (Å²) in [6.45, 7) is 2.61. The van der Waals surface area contributed by atoms with Gasteiger partial charge in [0.25, 0.3) is 0 Å². The molecule has 0 aliphatic carbocycles. The first-order valence-corrected chi connectivity index (χ1v) is 6.90. The Morgan fingerprint density at radius 3 is 2.56 bits per heavy atom. The van der Waals surface area contributed by atoms with Gasteiger partial charge in [0.05, 0.1) is 11.2 Å². The van der Waals surface area contributed by atoms with E-state index in [-0.39, 0.29) is 12.3 Å². The highest BCUT2D eigenvalue weighted by Gasteiger charge is 2.42. The molecule has 0 aromatic rings. The number of hydrogen-bond donors (Lipinski definition) is 2.